The van der Waals surface area contributed by atoms with Crippen LogP contribution in [0.15, 0.2) is 0 Å². The summed E-state index contributed by atoms with van der Waals surface area (Å²) in [6.07, 6.45) is 58.0. The first-order chi connectivity index (χ1) is 34.2. The van der Waals surface area contributed by atoms with E-state index in [1.165, 1.54) is 218 Å². The standard InChI is InChI=1S/C34H66O4.C28H54O4/c1-3-5-7-9-11-13-15-17-19-21-23-25-29-34(33(37)38,31-27-28-32(35)36)30-26-24-22-20-18-16-14-12-10-8-6-4-2;1-3-5-7-9-11-13-15-17-21-25-31-27(29)23-19-20-24-28(30)32-26-22-18-16-14-12-10-8-6-4-2/h3-31H2,1-2H3,(H,35,36)(H,37,38);3-26H2,1-2H3. The van der Waals surface area contributed by atoms with E-state index in [0.717, 1.165) is 51.4 Å². The molecule has 0 radical (unpaired) electrons. The molecule has 0 rings (SSSR count). The topological polar surface area (TPSA) is 127 Å². The number of carboxylic acids is 2. The molecule has 0 amide bonds. The van der Waals surface area contributed by atoms with Gasteiger partial charge in [0.15, 0.2) is 0 Å². The lowest BCUT2D eigenvalue weighted by molar-refractivity contribution is -0.151. The van der Waals surface area contributed by atoms with Crippen LogP contribution in [0.3, 0.4) is 0 Å². The largest absolute Gasteiger partial charge is 0.481 e. The highest BCUT2D eigenvalue weighted by Crippen LogP contribution is 2.38. The summed E-state index contributed by atoms with van der Waals surface area (Å²) in [4.78, 5) is 47.0. The van der Waals surface area contributed by atoms with E-state index >= 15 is 0 Å². The third-order valence-corrected chi connectivity index (χ3v) is 14.6. The van der Waals surface area contributed by atoms with E-state index < -0.39 is 17.4 Å². The van der Waals surface area contributed by atoms with Crippen LogP contribution in [0, 0.1) is 5.41 Å². The van der Waals surface area contributed by atoms with Gasteiger partial charge in [-0.2, -0.15) is 0 Å². The Bertz CT molecular complexity index is 1040. The summed E-state index contributed by atoms with van der Waals surface area (Å²) in [7, 11) is 0. The Morgan fingerprint density at radius 1 is 0.286 bits per heavy atom. The molecule has 2 N–H and O–H groups in total. The van der Waals surface area contributed by atoms with Crippen molar-refractivity contribution >= 4 is 23.9 Å². The maximum Gasteiger partial charge on any atom is 0.309 e. The molecule has 0 aromatic rings. The Balaban J connectivity index is 0. The minimum Gasteiger partial charge on any atom is -0.481 e. The zero-order valence-electron chi connectivity index (χ0n) is 47.3. The van der Waals surface area contributed by atoms with Gasteiger partial charge in [0.05, 0.1) is 18.6 Å². The van der Waals surface area contributed by atoms with Gasteiger partial charge in [0.2, 0.25) is 0 Å². The van der Waals surface area contributed by atoms with Gasteiger partial charge in [-0.25, -0.2) is 0 Å². The highest BCUT2D eigenvalue weighted by Gasteiger charge is 2.36. The molecule has 0 heterocycles. The molecule has 0 fully saturated rings. The number of esters is 2. The van der Waals surface area contributed by atoms with Crippen LogP contribution < -0.4 is 0 Å². The molecule has 70 heavy (non-hydrogen) atoms. The Morgan fingerprint density at radius 2 is 0.514 bits per heavy atom. The highest BCUT2D eigenvalue weighted by molar-refractivity contribution is 5.74. The fourth-order valence-corrected chi connectivity index (χ4v) is 9.76. The molecule has 0 aliphatic rings. The lowest BCUT2D eigenvalue weighted by atomic mass is 9.74. The number of hydrogen-bond donors (Lipinski definition) is 2. The summed E-state index contributed by atoms with van der Waals surface area (Å²) in [5, 5.41) is 19.3. The van der Waals surface area contributed by atoms with Crippen molar-refractivity contribution in [1.82, 2.24) is 0 Å². The lowest BCUT2D eigenvalue weighted by Crippen LogP contribution is -2.31. The van der Waals surface area contributed by atoms with Crippen molar-refractivity contribution in [2.24, 2.45) is 5.41 Å². The monoisotopic (exact) mass is 993 g/mol. The molecule has 0 saturated carbocycles. The molecule has 0 aliphatic carbocycles. The molecule has 8 heteroatoms. The summed E-state index contributed by atoms with van der Waals surface area (Å²) < 4.78 is 10.6. The summed E-state index contributed by atoms with van der Waals surface area (Å²) in [5.74, 6) is -1.78. The Kier molecular flexibility index (Phi) is 57.7. The normalized spacial score (nSPS) is 11.4. The summed E-state index contributed by atoms with van der Waals surface area (Å²) in [5.41, 5.74) is -0.730. The minimum atomic E-state index is -0.819. The van der Waals surface area contributed by atoms with Crippen LogP contribution in [0.4, 0.5) is 0 Å². The van der Waals surface area contributed by atoms with E-state index in [0.29, 0.717) is 64.6 Å². The molecule has 0 atom stereocenters. The number of ether oxygens (including phenoxy) is 2. The maximum absolute atomic E-state index is 12.4. The van der Waals surface area contributed by atoms with Gasteiger partial charge in [-0.1, -0.05) is 285 Å². The van der Waals surface area contributed by atoms with Crippen molar-refractivity contribution in [3.63, 3.8) is 0 Å². The van der Waals surface area contributed by atoms with Crippen molar-refractivity contribution in [3.05, 3.63) is 0 Å². The average Bonchev–Trinajstić information content (AvgIpc) is 3.34. The molecule has 416 valence electrons. The van der Waals surface area contributed by atoms with Crippen molar-refractivity contribution in [3.8, 4) is 0 Å². The van der Waals surface area contributed by atoms with Gasteiger partial charge in [-0.3, -0.25) is 19.2 Å². The predicted octanol–water partition coefficient (Wildman–Crippen LogP) is 20.2. The molecule has 8 nitrogen and oxygen atoms in total. The minimum absolute atomic E-state index is 0.0753. The summed E-state index contributed by atoms with van der Waals surface area (Å²) >= 11 is 0. The van der Waals surface area contributed by atoms with E-state index in [-0.39, 0.29) is 18.4 Å². The number of carbonyl (C=O) groups is 4. The third kappa shape index (κ3) is 53.7. The Morgan fingerprint density at radius 3 is 0.757 bits per heavy atom. The van der Waals surface area contributed by atoms with E-state index in [1.807, 2.05) is 0 Å². The fourth-order valence-electron chi connectivity index (χ4n) is 9.76. The lowest BCUT2D eigenvalue weighted by Gasteiger charge is -2.30. The highest BCUT2D eigenvalue weighted by atomic mass is 16.5. The van der Waals surface area contributed by atoms with E-state index in [2.05, 4.69) is 27.7 Å². The first kappa shape index (κ1) is 70.0. The Hall–Kier alpha value is -2.12. The van der Waals surface area contributed by atoms with E-state index in [4.69, 9.17) is 14.6 Å². The molecule has 0 aromatic carbocycles. The Labute approximate surface area is 434 Å². The van der Waals surface area contributed by atoms with Gasteiger partial charge in [0, 0.05) is 19.3 Å². The smallest absolute Gasteiger partial charge is 0.309 e. The van der Waals surface area contributed by atoms with Gasteiger partial charge in [0.25, 0.3) is 0 Å². The van der Waals surface area contributed by atoms with Crippen molar-refractivity contribution < 1.29 is 38.9 Å². The molecule has 0 bridgehead atoms. The van der Waals surface area contributed by atoms with Gasteiger partial charge in [0.1, 0.15) is 0 Å². The van der Waals surface area contributed by atoms with Crippen LogP contribution in [-0.4, -0.2) is 47.3 Å². The van der Waals surface area contributed by atoms with Gasteiger partial charge < -0.3 is 19.7 Å². The van der Waals surface area contributed by atoms with Crippen molar-refractivity contribution in [1.29, 1.82) is 0 Å². The van der Waals surface area contributed by atoms with Crippen LogP contribution in [0.5, 0.6) is 0 Å². The number of rotatable bonds is 56. The quantitative estimate of drug-likeness (QED) is 0.0456. The van der Waals surface area contributed by atoms with Crippen LogP contribution in [0.2, 0.25) is 0 Å². The first-order valence-corrected chi connectivity index (χ1v) is 30.9. The molecule has 0 aliphatic heterocycles. The maximum atomic E-state index is 12.4. The second-order valence-corrected chi connectivity index (χ2v) is 21.4. The van der Waals surface area contributed by atoms with Crippen LogP contribution >= 0.6 is 0 Å². The summed E-state index contributed by atoms with van der Waals surface area (Å²) in [6.45, 7) is 10.1. The average molecular weight is 994 g/mol. The molecule has 0 spiro atoms. The molecule has 0 unspecified atom stereocenters. The SMILES string of the molecule is CCCCCCCCCCCCCCC(CCCCCCCCCCCCCC)(CCCC(=O)O)C(=O)O.CCCCCCCCCCCOC(=O)CCCCC(=O)OCCCCCCCCCCC. The zero-order valence-corrected chi connectivity index (χ0v) is 47.3. The van der Waals surface area contributed by atoms with Crippen molar-refractivity contribution in [2.45, 2.75) is 355 Å². The molecular formula is C62H120O8. The van der Waals surface area contributed by atoms with E-state index in [9.17, 15) is 24.3 Å². The second kappa shape index (κ2) is 57.8. The van der Waals surface area contributed by atoms with Gasteiger partial charge in [-0.05, 0) is 51.4 Å². The van der Waals surface area contributed by atoms with Crippen LogP contribution in [-0.2, 0) is 28.7 Å². The molecule has 0 saturated heterocycles. The number of aliphatic carboxylic acids is 2. The first-order valence-electron chi connectivity index (χ1n) is 30.9. The van der Waals surface area contributed by atoms with Gasteiger partial charge >= 0.3 is 23.9 Å². The number of unbranched alkanes of at least 4 members (excludes halogenated alkanes) is 39. The predicted molar refractivity (Wildman–Crippen MR) is 298 cm³/mol. The molecular weight excluding hydrogens is 873 g/mol. The molecule has 0 aromatic heterocycles. The third-order valence-electron chi connectivity index (χ3n) is 14.6. The van der Waals surface area contributed by atoms with Crippen LogP contribution in [0.25, 0.3) is 0 Å². The van der Waals surface area contributed by atoms with Crippen molar-refractivity contribution in [2.75, 3.05) is 13.2 Å². The van der Waals surface area contributed by atoms with E-state index in [1.54, 1.807) is 0 Å². The fraction of sp³-hybridized carbons (Fsp3) is 0.935. The van der Waals surface area contributed by atoms with Crippen LogP contribution in [0.1, 0.15) is 355 Å². The number of carboxylic acid groups (broad SMARTS) is 2. The number of hydrogen-bond acceptors (Lipinski definition) is 6. The zero-order chi connectivity index (χ0) is 51.7. The second-order valence-electron chi connectivity index (χ2n) is 21.4. The number of carbonyl (C=O) groups excluding carboxylic acids is 2. The van der Waals surface area contributed by atoms with Gasteiger partial charge in [-0.15, -0.1) is 0 Å². The summed E-state index contributed by atoms with van der Waals surface area (Å²) in [6, 6.07) is 0.